The number of likely N-dealkylation sites (tertiary alicyclic amines) is 1. The first-order valence-electron chi connectivity index (χ1n) is 22.9. The van der Waals surface area contributed by atoms with E-state index in [2.05, 4.69) is 30.9 Å². The molecule has 2 fully saturated rings. The fourth-order valence-corrected chi connectivity index (χ4v) is 9.91. The third-order valence-electron chi connectivity index (χ3n) is 13.7. The van der Waals surface area contributed by atoms with Gasteiger partial charge in [-0.05, 0) is 96.5 Å². The molecule has 0 spiro atoms. The molecule has 2 aromatic heterocycles. The Hall–Kier alpha value is -7.14. The number of aromatic nitrogens is 4. The molecule has 68 heavy (non-hydrogen) atoms. The molecule has 5 N–H and O–H groups in total. The number of nitrogens with one attached hydrogen (secondary N) is 5. The van der Waals surface area contributed by atoms with E-state index in [9.17, 15) is 19.2 Å². The lowest BCUT2D eigenvalue weighted by Gasteiger charge is -2.36. The van der Waals surface area contributed by atoms with Crippen LogP contribution in [0.15, 0.2) is 91.1 Å². The summed E-state index contributed by atoms with van der Waals surface area (Å²) in [6.45, 7) is 7.22. The maximum Gasteiger partial charge on any atom is 0.407 e. The van der Waals surface area contributed by atoms with E-state index in [1.807, 2.05) is 51.1 Å². The summed E-state index contributed by atoms with van der Waals surface area (Å²) in [5.41, 5.74) is 4.06. The summed E-state index contributed by atoms with van der Waals surface area (Å²) < 4.78 is 48.5. The van der Waals surface area contributed by atoms with Gasteiger partial charge in [-0.15, -0.1) is 0 Å². The number of carbonyl (C=O) groups excluding carboxylic acids is 4. The van der Waals surface area contributed by atoms with E-state index in [-0.39, 0.29) is 34.8 Å². The van der Waals surface area contributed by atoms with E-state index >= 15 is 8.78 Å². The highest BCUT2D eigenvalue weighted by molar-refractivity contribution is 5.90. The molecule has 9 rings (SSSR count). The van der Waals surface area contributed by atoms with Crippen molar-refractivity contribution in [1.29, 1.82) is 0 Å². The number of ether oxygens (including phenoxy) is 3. The van der Waals surface area contributed by atoms with Crippen LogP contribution in [0.1, 0.15) is 86.9 Å². The predicted octanol–water partition coefficient (Wildman–Crippen LogP) is 8.64. The molecule has 6 aromatic rings. The van der Waals surface area contributed by atoms with E-state index in [4.69, 9.17) is 19.2 Å². The van der Waals surface area contributed by atoms with Crippen molar-refractivity contribution in [3.05, 3.63) is 119 Å². The summed E-state index contributed by atoms with van der Waals surface area (Å²) in [6, 6.07) is 22.2. The van der Waals surface area contributed by atoms with E-state index in [1.165, 1.54) is 26.4 Å². The molecule has 4 heterocycles. The smallest absolute Gasteiger partial charge is 0.407 e. The number of imidazole rings is 2. The summed E-state index contributed by atoms with van der Waals surface area (Å²) in [6.07, 6.45) is 2.67. The molecule has 2 saturated heterocycles. The number of methoxy groups -OCH3 is 2. The maximum absolute atomic E-state index is 16.7. The molecule has 4 unspecified atom stereocenters. The molecule has 0 radical (unpaired) electrons. The molecule has 3 aliphatic rings. The predicted molar refractivity (Wildman–Crippen MR) is 249 cm³/mol. The van der Waals surface area contributed by atoms with E-state index < -0.39 is 41.8 Å². The molecular formula is C51H54F2N8O7. The van der Waals surface area contributed by atoms with Gasteiger partial charge in [0.25, 0.3) is 11.8 Å². The molecule has 0 saturated carbocycles. The first kappa shape index (κ1) is 46.0. The summed E-state index contributed by atoms with van der Waals surface area (Å²) in [4.78, 5) is 70.6. The van der Waals surface area contributed by atoms with Crippen LogP contribution in [0.4, 0.5) is 18.4 Å². The van der Waals surface area contributed by atoms with Crippen LogP contribution >= 0.6 is 0 Å². The summed E-state index contributed by atoms with van der Waals surface area (Å²) in [5, 5.41) is 8.45. The molecule has 1 aliphatic carbocycles. The minimum absolute atomic E-state index is 0.110. The molecule has 4 atom stereocenters. The average molecular weight is 929 g/mol. The first-order valence-corrected chi connectivity index (χ1v) is 22.9. The van der Waals surface area contributed by atoms with Gasteiger partial charge in [0.05, 0.1) is 48.7 Å². The molecule has 4 aromatic carbocycles. The quantitative estimate of drug-likeness (QED) is 0.0799. The van der Waals surface area contributed by atoms with Gasteiger partial charge < -0.3 is 45.0 Å². The summed E-state index contributed by atoms with van der Waals surface area (Å²) in [5.74, 6) is -3.25. The third kappa shape index (κ3) is 8.54. The van der Waals surface area contributed by atoms with Crippen molar-refractivity contribution in [2.75, 3.05) is 34.0 Å². The SMILES string of the molecule is COC(=O)NC(C(=O)N1CCCC1(C)c1nc2ccc(-c3ccc4c(c3)C(F)(F)c3cc(-c5cnc(C(NC(=O)C(NC(=O)OC)C6CCOCC6)C(C)C)[nH]5)ccc3-4)cc2[nH]1)c1ccccc1. The highest BCUT2D eigenvalue weighted by atomic mass is 19.3. The van der Waals surface area contributed by atoms with Gasteiger partial charge in [0.15, 0.2) is 0 Å². The Balaban J connectivity index is 0.943. The summed E-state index contributed by atoms with van der Waals surface area (Å²) >= 11 is 0. The van der Waals surface area contributed by atoms with Crippen LogP contribution < -0.4 is 16.0 Å². The molecule has 4 amide bonds. The fourth-order valence-electron chi connectivity index (χ4n) is 9.91. The Morgan fingerprint density at radius 1 is 0.824 bits per heavy atom. The minimum atomic E-state index is -3.32. The lowest BCUT2D eigenvalue weighted by atomic mass is 9.90. The van der Waals surface area contributed by atoms with Crippen molar-refractivity contribution in [3.63, 3.8) is 0 Å². The van der Waals surface area contributed by atoms with Crippen LogP contribution in [0, 0.1) is 11.8 Å². The number of nitrogens with zero attached hydrogens (tertiary/aromatic N) is 3. The van der Waals surface area contributed by atoms with Gasteiger partial charge in [-0.3, -0.25) is 9.59 Å². The highest BCUT2D eigenvalue weighted by Gasteiger charge is 2.47. The number of fused-ring (bicyclic) bond motifs is 4. The first-order chi connectivity index (χ1) is 32.7. The molecule has 15 nitrogen and oxygen atoms in total. The van der Waals surface area contributed by atoms with Crippen molar-refractivity contribution in [2.24, 2.45) is 11.8 Å². The number of carbonyl (C=O) groups is 4. The normalized spacial score (nSPS) is 18.9. The standard InChI is InChI=1S/C51H54F2N8O7/c1-28(2)41(58-45(62)42(59-48(64)66-4)30-18-22-68-23-19-30)44-54-27-40(55-44)33-13-16-35-34-15-12-31(24-36(34)51(52,53)37(35)25-33)32-14-17-38-39(26-32)57-47(56-38)50(3)20-9-21-61(50)46(63)43(60-49(65)67-5)29-10-7-6-8-11-29/h6-8,10-17,24-28,30,41-43H,9,18-23H2,1-5H3,(H,54,55)(H,56,57)(H,58,62)(H,59,64)(H,60,65). The van der Waals surface area contributed by atoms with Gasteiger partial charge in [0.1, 0.15) is 23.7 Å². The Morgan fingerprint density at radius 2 is 1.47 bits per heavy atom. The zero-order chi connectivity index (χ0) is 47.9. The third-order valence-corrected chi connectivity index (χ3v) is 13.7. The fraction of sp³-hybridized carbons (Fsp3) is 0.373. The number of rotatable bonds is 12. The van der Waals surface area contributed by atoms with E-state index in [1.54, 1.807) is 53.6 Å². The number of hydrogen-bond donors (Lipinski definition) is 5. The second-order valence-electron chi connectivity index (χ2n) is 18.2. The van der Waals surface area contributed by atoms with Crippen molar-refractivity contribution >= 4 is 35.0 Å². The Kier molecular flexibility index (Phi) is 12.5. The molecular weight excluding hydrogens is 875 g/mol. The topological polar surface area (TPSA) is 193 Å². The second kappa shape index (κ2) is 18.5. The monoisotopic (exact) mass is 928 g/mol. The second-order valence-corrected chi connectivity index (χ2v) is 18.2. The largest absolute Gasteiger partial charge is 0.453 e. The zero-order valence-corrected chi connectivity index (χ0v) is 38.5. The maximum atomic E-state index is 16.7. The molecule has 17 heteroatoms. The van der Waals surface area contributed by atoms with Crippen LogP contribution in [0.3, 0.4) is 0 Å². The average Bonchev–Trinajstić information content (AvgIpc) is 4.16. The number of amides is 4. The van der Waals surface area contributed by atoms with Crippen molar-refractivity contribution < 1.29 is 42.2 Å². The Labute approximate surface area is 391 Å². The number of halogens is 2. The van der Waals surface area contributed by atoms with Crippen LogP contribution in [-0.2, 0) is 35.3 Å². The van der Waals surface area contributed by atoms with Crippen LogP contribution in [0.25, 0.3) is 44.5 Å². The van der Waals surface area contributed by atoms with Gasteiger partial charge in [-0.1, -0.05) is 74.5 Å². The van der Waals surface area contributed by atoms with Gasteiger partial charge in [-0.25, -0.2) is 19.6 Å². The van der Waals surface area contributed by atoms with Crippen molar-refractivity contribution in [1.82, 2.24) is 40.8 Å². The lowest BCUT2D eigenvalue weighted by Crippen LogP contribution is -2.53. The minimum Gasteiger partial charge on any atom is -0.453 e. The highest BCUT2D eigenvalue weighted by Crippen LogP contribution is 2.53. The van der Waals surface area contributed by atoms with E-state index in [0.29, 0.717) is 101 Å². The number of alkyl halides is 2. The Bertz CT molecular complexity index is 2880. The number of aromatic amines is 2. The van der Waals surface area contributed by atoms with Crippen molar-refractivity contribution in [2.45, 2.75) is 76.0 Å². The van der Waals surface area contributed by atoms with Crippen LogP contribution in [0.5, 0.6) is 0 Å². The van der Waals surface area contributed by atoms with Crippen LogP contribution in [-0.4, -0.2) is 88.9 Å². The van der Waals surface area contributed by atoms with Gasteiger partial charge in [0, 0.05) is 36.4 Å². The number of H-pyrrole nitrogens is 2. The molecule has 2 aliphatic heterocycles. The number of benzene rings is 4. The lowest BCUT2D eigenvalue weighted by molar-refractivity contribution is -0.137. The molecule has 354 valence electrons. The van der Waals surface area contributed by atoms with Gasteiger partial charge in [0.2, 0.25) is 5.91 Å². The van der Waals surface area contributed by atoms with Crippen LogP contribution in [0.2, 0.25) is 0 Å². The number of alkyl carbamates (subject to hydrolysis) is 2. The zero-order valence-electron chi connectivity index (χ0n) is 38.5. The number of hydrogen-bond acceptors (Lipinski definition) is 9. The van der Waals surface area contributed by atoms with Gasteiger partial charge in [-0.2, -0.15) is 8.78 Å². The van der Waals surface area contributed by atoms with Gasteiger partial charge >= 0.3 is 12.2 Å². The van der Waals surface area contributed by atoms with E-state index in [0.717, 1.165) is 6.42 Å². The molecule has 0 bridgehead atoms. The van der Waals surface area contributed by atoms with Crippen molar-refractivity contribution in [3.8, 4) is 33.5 Å². The summed E-state index contributed by atoms with van der Waals surface area (Å²) in [7, 11) is 2.50. The Morgan fingerprint density at radius 3 is 2.16 bits per heavy atom.